The molecule has 0 fully saturated rings. The molecule has 0 aliphatic carbocycles. The predicted molar refractivity (Wildman–Crippen MR) is 90.4 cm³/mol. The van der Waals surface area contributed by atoms with Crippen LogP contribution in [0.4, 0.5) is 0 Å². The monoisotopic (exact) mass is 401 g/mol. The molecule has 6 heteroatoms. The molecule has 0 saturated heterocycles. The van der Waals surface area contributed by atoms with E-state index in [9.17, 15) is 0 Å². The van der Waals surface area contributed by atoms with Crippen LogP contribution in [0.5, 0.6) is 0 Å². The van der Waals surface area contributed by atoms with Crippen LogP contribution < -0.4 is 10.6 Å². The Balaban J connectivity index is 0.00000289. The van der Waals surface area contributed by atoms with E-state index < -0.39 is 0 Å². The van der Waals surface area contributed by atoms with Crippen molar-refractivity contribution in [3.63, 3.8) is 0 Å². The van der Waals surface area contributed by atoms with Gasteiger partial charge in [0.05, 0.1) is 6.54 Å². The van der Waals surface area contributed by atoms with Crippen molar-refractivity contribution >= 4 is 53.1 Å². The Labute approximate surface area is 135 Å². The molecule has 0 radical (unpaired) electrons. The summed E-state index contributed by atoms with van der Waals surface area (Å²) < 4.78 is 0. The van der Waals surface area contributed by atoms with Crippen molar-refractivity contribution in [1.82, 2.24) is 10.6 Å². The Morgan fingerprint density at radius 1 is 1.17 bits per heavy atom. The standard InChI is InChI=1S/C12H17Cl2N3.HI/c1-3-15-12(16-4-2)17-8-9-5-6-10(13)7-11(9)14;/h5-7H,3-4,8H2,1-2H3,(H2,15,16,17);1H. The molecule has 2 N–H and O–H groups in total. The van der Waals surface area contributed by atoms with Gasteiger partial charge in [0, 0.05) is 23.1 Å². The second-order valence-corrected chi connectivity index (χ2v) is 4.30. The average molecular weight is 402 g/mol. The van der Waals surface area contributed by atoms with Gasteiger partial charge in [-0.25, -0.2) is 4.99 Å². The fraction of sp³-hybridized carbons (Fsp3) is 0.417. The van der Waals surface area contributed by atoms with E-state index in [0.29, 0.717) is 16.6 Å². The summed E-state index contributed by atoms with van der Waals surface area (Å²) >= 11 is 11.9. The molecule has 102 valence electrons. The largest absolute Gasteiger partial charge is 0.357 e. The van der Waals surface area contributed by atoms with E-state index in [2.05, 4.69) is 15.6 Å². The summed E-state index contributed by atoms with van der Waals surface area (Å²) in [5.74, 6) is 0.793. The molecule has 0 aliphatic rings. The molecule has 3 nitrogen and oxygen atoms in total. The van der Waals surface area contributed by atoms with Gasteiger partial charge in [0.15, 0.2) is 5.96 Å². The highest BCUT2D eigenvalue weighted by atomic mass is 127. The van der Waals surface area contributed by atoms with Gasteiger partial charge in [0.25, 0.3) is 0 Å². The third-order valence-corrected chi connectivity index (χ3v) is 2.70. The molecule has 0 spiro atoms. The Bertz CT molecular complexity index is 389. The van der Waals surface area contributed by atoms with Crippen LogP contribution in [0.15, 0.2) is 23.2 Å². The summed E-state index contributed by atoms with van der Waals surface area (Å²) in [7, 11) is 0. The molecule has 0 saturated carbocycles. The van der Waals surface area contributed by atoms with Crippen LogP contribution in [0, 0.1) is 0 Å². The van der Waals surface area contributed by atoms with Gasteiger partial charge in [-0.2, -0.15) is 0 Å². The van der Waals surface area contributed by atoms with Crippen LogP contribution in [0.2, 0.25) is 10.0 Å². The van der Waals surface area contributed by atoms with Gasteiger partial charge < -0.3 is 10.6 Å². The SMILES string of the molecule is CCNC(=NCc1ccc(Cl)cc1Cl)NCC.I. The van der Waals surface area contributed by atoms with Gasteiger partial charge in [-0.1, -0.05) is 29.3 Å². The Morgan fingerprint density at radius 2 is 1.78 bits per heavy atom. The van der Waals surface area contributed by atoms with E-state index in [1.165, 1.54) is 0 Å². The van der Waals surface area contributed by atoms with Gasteiger partial charge in [0.2, 0.25) is 0 Å². The van der Waals surface area contributed by atoms with Crippen molar-refractivity contribution in [3.05, 3.63) is 33.8 Å². The van der Waals surface area contributed by atoms with Crippen LogP contribution in [-0.4, -0.2) is 19.0 Å². The van der Waals surface area contributed by atoms with E-state index in [0.717, 1.165) is 24.6 Å². The predicted octanol–water partition coefficient (Wildman–Crippen LogP) is 3.69. The maximum absolute atomic E-state index is 6.07. The van der Waals surface area contributed by atoms with E-state index >= 15 is 0 Å². The molecule has 0 unspecified atom stereocenters. The lowest BCUT2D eigenvalue weighted by Gasteiger charge is -2.09. The lowest BCUT2D eigenvalue weighted by molar-refractivity contribution is 0.839. The zero-order valence-electron chi connectivity index (χ0n) is 10.5. The molecule has 0 amide bonds. The second kappa shape index (κ2) is 9.69. The Hall–Kier alpha value is -0.200. The highest BCUT2D eigenvalue weighted by Crippen LogP contribution is 2.21. The molecular formula is C12H18Cl2IN3. The summed E-state index contributed by atoms with van der Waals surface area (Å²) in [6, 6.07) is 5.44. The number of nitrogens with zero attached hydrogens (tertiary/aromatic N) is 1. The van der Waals surface area contributed by atoms with Gasteiger partial charge in [0.1, 0.15) is 0 Å². The van der Waals surface area contributed by atoms with Crippen molar-refractivity contribution < 1.29 is 0 Å². The second-order valence-electron chi connectivity index (χ2n) is 3.46. The van der Waals surface area contributed by atoms with Crippen LogP contribution in [0.3, 0.4) is 0 Å². The van der Waals surface area contributed by atoms with E-state index in [1.807, 2.05) is 26.0 Å². The lowest BCUT2D eigenvalue weighted by atomic mass is 10.2. The van der Waals surface area contributed by atoms with Crippen molar-refractivity contribution in [2.45, 2.75) is 20.4 Å². The number of benzene rings is 1. The smallest absolute Gasteiger partial charge is 0.191 e. The van der Waals surface area contributed by atoms with Crippen molar-refractivity contribution in [1.29, 1.82) is 0 Å². The first kappa shape index (κ1) is 17.8. The van der Waals surface area contributed by atoms with Gasteiger partial charge in [-0.3, -0.25) is 0 Å². The van der Waals surface area contributed by atoms with E-state index in [1.54, 1.807) is 6.07 Å². The fourth-order valence-corrected chi connectivity index (χ4v) is 1.79. The minimum atomic E-state index is 0. The zero-order chi connectivity index (χ0) is 12.7. The Morgan fingerprint density at radius 3 is 2.28 bits per heavy atom. The zero-order valence-corrected chi connectivity index (χ0v) is 14.3. The first-order valence-electron chi connectivity index (χ1n) is 5.63. The number of guanidine groups is 1. The minimum absolute atomic E-state index is 0. The minimum Gasteiger partial charge on any atom is -0.357 e. The quantitative estimate of drug-likeness (QED) is 0.458. The highest BCUT2D eigenvalue weighted by Gasteiger charge is 2.01. The van der Waals surface area contributed by atoms with Crippen LogP contribution in [0.25, 0.3) is 0 Å². The molecule has 1 aromatic rings. The first-order valence-corrected chi connectivity index (χ1v) is 6.39. The summed E-state index contributed by atoms with van der Waals surface area (Å²) in [6.45, 7) is 6.26. The summed E-state index contributed by atoms with van der Waals surface area (Å²) in [6.07, 6.45) is 0. The van der Waals surface area contributed by atoms with Crippen LogP contribution in [0.1, 0.15) is 19.4 Å². The Kier molecular flexibility index (Phi) is 9.59. The molecule has 0 aliphatic heterocycles. The normalized spacial score (nSPS) is 9.33. The van der Waals surface area contributed by atoms with Crippen molar-refractivity contribution in [3.8, 4) is 0 Å². The first-order chi connectivity index (χ1) is 8.17. The summed E-state index contributed by atoms with van der Waals surface area (Å²) in [5.41, 5.74) is 0.962. The summed E-state index contributed by atoms with van der Waals surface area (Å²) in [5, 5.41) is 7.60. The molecular weight excluding hydrogens is 384 g/mol. The maximum Gasteiger partial charge on any atom is 0.191 e. The molecule has 0 aromatic heterocycles. The van der Waals surface area contributed by atoms with Crippen molar-refractivity contribution in [2.24, 2.45) is 4.99 Å². The van der Waals surface area contributed by atoms with Gasteiger partial charge in [-0.15, -0.1) is 24.0 Å². The maximum atomic E-state index is 6.07. The van der Waals surface area contributed by atoms with Crippen molar-refractivity contribution in [2.75, 3.05) is 13.1 Å². The number of rotatable bonds is 4. The molecule has 1 aromatic carbocycles. The highest BCUT2D eigenvalue weighted by molar-refractivity contribution is 14.0. The van der Waals surface area contributed by atoms with E-state index in [4.69, 9.17) is 23.2 Å². The average Bonchev–Trinajstić information content (AvgIpc) is 2.28. The number of hydrogen-bond acceptors (Lipinski definition) is 1. The number of halogens is 3. The van der Waals surface area contributed by atoms with Crippen LogP contribution >= 0.6 is 47.2 Å². The molecule has 0 atom stereocenters. The third-order valence-electron chi connectivity index (χ3n) is 2.11. The van der Waals surface area contributed by atoms with Crippen LogP contribution in [-0.2, 0) is 6.54 Å². The topological polar surface area (TPSA) is 36.4 Å². The van der Waals surface area contributed by atoms with E-state index in [-0.39, 0.29) is 24.0 Å². The molecule has 18 heavy (non-hydrogen) atoms. The molecule has 1 rings (SSSR count). The lowest BCUT2D eigenvalue weighted by Crippen LogP contribution is -2.36. The fourth-order valence-electron chi connectivity index (χ4n) is 1.32. The van der Waals surface area contributed by atoms with Gasteiger partial charge >= 0.3 is 0 Å². The summed E-state index contributed by atoms with van der Waals surface area (Å²) in [4.78, 5) is 4.43. The number of nitrogens with one attached hydrogen (secondary N) is 2. The third kappa shape index (κ3) is 6.11. The van der Waals surface area contributed by atoms with Gasteiger partial charge in [-0.05, 0) is 31.5 Å². The number of aliphatic imine (C=N–C) groups is 1. The number of hydrogen-bond donors (Lipinski definition) is 2. The molecule has 0 bridgehead atoms. The molecule has 0 heterocycles.